The van der Waals surface area contributed by atoms with Gasteiger partial charge in [0.05, 0.1) is 4.92 Å². The number of nitrogens with zero attached hydrogens (tertiary/aromatic N) is 1. The highest BCUT2D eigenvalue weighted by molar-refractivity contribution is 6.32. The molecule has 0 aliphatic heterocycles. The lowest BCUT2D eigenvalue weighted by Gasteiger charge is -2.10. The molecule has 0 aromatic heterocycles. The summed E-state index contributed by atoms with van der Waals surface area (Å²) >= 11 is 5.71. The Morgan fingerprint density at radius 2 is 2.12 bits per heavy atom. The molecule has 88 valence electrons. The largest absolute Gasteiger partial charge is 0.324 e. The third-order valence-corrected chi connectivity index (χ3v) is 3.00. The second kappa shape index (κ2) is 4.99. The Balaban J connectivity index is 0.00000128. The summed E-state index contributed by atoms with van der Waals surface area (Å²) in [5.41, 5.74) is 6.69. The van der Waals surface area contributed by atoms with Gasteiger partial charge < -0.3 is 5.73 Å². The van der Waals surface area contributed by atoms with Crippen molar-refractivity contribution >= 4 is 29.7 Å². The van der Waals surface area contributed by atoms with Crippen LogP contribution in [0.15, 0.2) is 18.2 Å². The van der Waals surface area contributed by atoms with E-state index in [1.165, 1.54) is 12.1 Å². The molecule has 0 spiro atoms. The van der Waals surface area contributed by atoms with Gasteiger partial charge >= 0.3 is 0 Å². The SMILES string of the molecule is Cl.N[C@@H](c1ccc(Cl)c([N+](=O)[O-])c1)C1CC1. The minimum atomic E-state index is -0.481. The monoisotopic (exact) mass is 262 g/mol. The molecule has 16 heavy (non-hydrogen) atoms. The molecule has 0 saturated heterocycles. The zero-order chi connectivity index (χ0) is 11.0. The minimum Gasteiger partial charge on any atom is -0.324 e. The molecule has 1 aromatic carbocycles. The summed E-state index contributed by atoms with van der Waals surface area (Å²) in [6.45, 7) is 0. The van der Waals surface area contributed by atoms with E-state index in [-0.39, 0.29) is 29.2 Å². The molecule has 0 amide bonds. The van der Waals surface area contributed by atoms with E-state index in [9.17, 15) is 10.1 Å². The quantitative estimate of drug-likeness (QED) is 0.673. The summed E-state index contributed by atoms with van der Waals surface area (Å²) < 4.78 is 0. The van der Waals surface area contributed by atoms with Gasteiger partial charge in [0.2, 0.25) is 0 Å². The highest BCUT2D eigenvalue weighted by atomic mass is 35.5. The van der Waals surface area contributed by atoms with Crippen LogP contribution in [0.3, 0.4) is 0 Å². The van der Waals surface area contributed by atoms with Crippen LogP contribution in [0.1, 0.15) is 24.4 Å². The maximum atomic E-state index is 10.7. The predicted octanol–water partition coefficient (Wildman–Crippen LogP) is 3.08. The van der Waals surface area contributed by atoms with Crippen LogP contribution in [0, 0.1) is 16.0 Å². The molecular formula is C10H12Cl2N2O2. The standard InChI is InChI=1S/C10H11ClN2O2.ClH/c11-8-4-3-7(5-9(8)13(14)15)10(12)6-1-2-6;/h3-6,10H,1-2,12H2;1H/t10-;/m1./s1. The van der Waals surface area contributed by atoms with Crippen LogP contribution >= 0.6 is 24.0 Å². The van der Waals surface area contributed by atoms with Crippen molar-refractivity contribution in [2.45, 2.75) is 18.9 Å². The maximum absolute atomic E-state index is 10.7. The first-order valence-corrected chi connectivity index (χ1v) is 5.17. The van der Waals surface area contributed by atoms with Gasteiger partial charge in [0.15, 0.2) is 0 Å². The Hall–Kier alpha value is -0.840. The van der Waals surface area contributed by atoms with E-state index in [2.05, 4.69) is 0 Å². The molecule has 6 heteroatoms. The van der Waals surface area contributed by atoms with E-state index < -0.39 is 4.92 Å². The lowest BCUT2D eigenvalue weighted by Crippen LogP contribution is -2.12. The fourth-order valence-electron chi connectivity index (χ4n) is 1.60. The summed E-state index contributed by atoms with van der Waals surface area (Å²) in [5, 5.41) is 10.8. The predicted molar refractivity (Wildman–Crippen MR) is 65.0 cm³/mol. The highest BCUT2D eigenvalue weighted by Crippen LogP contribution is 2.40. The summed E-state index contributed by atoms with van der Waals surface area (Å²) in [6, 6.07) is 4.68. The highest BCUT2D eigenvalue weighted by Gasteiger charge is 2.30. The second-order valence-electron chi connectivity index (χ2n) is 3.83. The van der Waals surface area contributed by atoms with Gasteiger partial charge in [-0.1, -0.05) is 17.7 Å². The molecule has 2 rings (SSSR count). The molecule has 0 radical (unpaired) electrons. The number of benzene rings is 1. The first kappa shape index (κ1) is 13.2. The third kappa shape index (κ3) is 2.64. The third-order valence-electron chi connectivity index (χ3n) is 2.68. The molecule has 1 aromatic rings. The van der Waals surface area contributed by atoms with Crippen LogP contribution in [-0.4, -0.2) is 4.92 Å². The Labute approximate surface area is 104 Å². The number of nitrogens with two attached hydrogens (primary N) is 1. The molecule has 1 atom stereocenters. The fourth-order valence-corrected chi connectivity index (χ4v) is 1.79. The van der Waals surface area contributed by atoms with Gasteiger partial charge in [-0.3, -0.25) is 10.1 Å². The first-order chi connectivity index (χ1) is 7.09. The van der Waals surface area contributed by atoms with Crippen molar-refractivity contribution in [2.75, 3.05) is 0 Å². The number of nitro groups is 1. The number of nitro benzene ring substituents is 1. The van der Waals surface area contributed by atoms with Gasteiger partial charge in [-0.15, -0.1) is 12.4 Å². The number of halogens is 2. The smallest absolute Gasteiger partial charge is 0.288 e. The van der Waals surface area contributed by atoms with E-state index in [1.54, 1.807) is 6.07 Å². The molecular weight excluding hydrogens is 251 g/mol. The fraction of sp³-hybridized carbons (Fsp3) is 0.400. The lowest BCUT2D eigenvalue weighted by atomic mass is 10.0. The minimum absolute atomic E-state index is 0. The molecule has 0 heterocycles. The summed E-state index contributed by atoms with van der Waals surface area (Å²) in [7, 11) is 0. The van der Waals surface area contributed by atoms with Gasteiger partial charge in [-0.2, -0.15) is 0 Å². The first-order valence-electron chi connectivity index (χ1n) is 4.79. The van der Waals surface area contributed by atoms with Gasteiger partial charge in [0.25, 0.3) is 5.69 Å². The van der Waals surface area contributed by atoms with Crippen molar-refractivity contribution < 1.29 is 4.92 Å². The van der Waals surface area contributed by atoms with Crippen molar-refractivity contribution in [1.29, 1.82) is 0 Å². The Kier molecular flexibility index (Phi) is 4.13. The number of hydrogen-bond acceptors (Lipinski definition) is 3. The van der Waals surface area contributed by atoms with Gasteiger partial charge in [0, 0.05) is 12.1 Å². The molecule has 2 N–H and O–H groups in total. The number of hydrogen-bond donors (Lipinski definition) is 1. The Bertz CT molecular complexity index is 408. The molecule has 0 bridgehead atoms. The van der Waals surface area contributed by atoms with Crippen molar-refractivity contribution in [3.05, 3.63) is 38.9 Å². The van der Waals surface area contributed by atoms with E-state index >= 15 is 0 Å². The Morgan fingerprint density at radius 1 is 1.50 bits per heavy atom. The van der Waals surface area contributed by atoms with Crippen LogP contribution in [0.4, 0.5) is 5.69 Å². The van der Waals surface area contributed by atoms with Crippen LogP contribution < -0.4 is 5.73 Å². The zero-order valence-electron chi connectivity index (χ0n) is 8.43. The summed E-state index contributed by atoms with van der Waals surface area (Å²) in [6.07, 6.45) is 2.22. The van der Waals surface area contributed by atoms with Crippen molar-refractivity contribution in [3.8, 4) is 0 Å². The van der Waals surface area contributed by atoms with E-state index in [4.69, 9.17) is 17.3 Å². The van der Waals surface area contributed by atoms with Crippen molar-refractivity contribution in [3.63, 3.8) is 0 Å². The van der Waals surface area contributed by atoms with E-state index in [0.29, 0.717) is 5.92 Å². The average molecular weight is 263 g/mol. The van der Waals surface area contributed by atoms with Crippen LogP contribution in [0.25, 0.3) is 0 Å². The average Bonchev–Trinajstić information content (AvgIpc) is 3.00. The lowest BCUT2D eigenvalue weighted by molar-refractivity contribution is -0.384. The van der Waals surface area contributed by atoms with Gasteiger partial charge in [0.1, 0.15) is 5.02 Å². The Morgan fingerprint density at radius 3 is 2.62 bits per heavy atom. The molecule has 0 unspecified atom stereocenters. The maximum Gasteiger partial charge on any atom is 0.288 e. The van der Waals surface area contributed by atoms with Gasteiger partial charge in [-0.05, 0) is 30.4 Å². The second-order valence-corrected chi connectivity index (χ2v) is 4.24. The van der Waals surface area contributed by atoms with E-state index in [1.807, 2.05) is 0 Å². The number of rotatable bonds is 3. The summed E-state index contributed by atoms with van der Waals surface area (Å²) in [5.74, 6) is 0.478. The zero-order valence-corrected chi connectivity index (χ0v) is 10.0. The topological polar surface area (TPSA) is 69.2 Å². The molecule has 1 fully saturated rings. The van der Waals surface area contributed by atoms with Crippen LogP contribution in [0.2, 0.25) is 5.02 Å². The molecule has 4 nitrogen and oxygen atoms in total. The van der Waals surface area contributed by atoms with Crippen molar-refractivity contribution in [2.24, 2.45) is 11.7 Å². The van der Waals surface area contributed by atoms with Crippen LogP contribution in [0.5, 0.6) is 0 Å². The van der Waals surface area contributed by atoms with Crippen LogP contribution in [-0.2, 0) is 0 Å². The van der Waals surface area contributed by atoms with Crippen molar-refractivity contribution in [1.82, 2.24) is 0 Å². The molecule has 1 saturated carbocycles. The molecule has 1 aliphatic carbocycles. The van der Waals surface area contributed by atoms with E-state index in [0.717, 1.165) is 18.4 Å². The summed E-state index contributed by atoms with van der Waals surface area (Å²) in [4.78, 5) is 10.2. The molecule has 1 aliphatic rings. The normalized spacial score (nSPS) is 16.4. The van der Waals surface area contributed by atoms with Gasteiger partial charge in [-0.25, -0.2) is 0 Å².